The molecule has 34 heavy (non-hydrogen) atoms. The van der Waals surface area contributed by atoms with Gasteiger partial charge in [0.25, 0.3) is 0 Å². The van der Waals surface area contributed by atoms with Gasteiger partial charge in [0.15, 0.2) is 6.29 Å². The smallest absolute Gasteiger partial charge is 0.157 e. The molecule has 0 aromatic heterocycles. The molecule has 3 nitrogen and oxygen atoms in total. The minimum absolute atomic E-state index is 0.0845. The van der Waals surface area contributed by atoms with Gasteiger partial charge in [-0.25, -0.2) is 0 Å². The van der Waals surface area contributed by atoms with Crippen LogP contribution in [0.4, 0.5) is 5.69 Å². The van der Waals surface area contributed by atoms with Crippen LogP contribution in [0.3, 0.4) is 0 Å². The molecule has 1 unspecified atom stereocenters. The molecule has 0 amide bonds. The highest BCUT2D eigenvalue weighted by atomic mass is 16.5. The number of fused-ring (bicyclic) bond motifs is 1. The van der Waals surface area contributed by atoms with Crippen molar-refractivity contribution in [1.82, 2.24) is 0 Å². The lowest BCUT2D eigenvalue weighted by molar-refractivity contribution is -0.109. The minimum Gasteiger partial charge on any atom is -0.486 e. The first kappa shape index (κ1) is 22.7. The Bertz CT molecular complexity index is 1220. The molecule has 1 fully saturated rings. The first-order valence-electron chi connectivity index (χ1n) is 12.6. The summed E-state index contributed by atoms with van der Waals surface area (Å²) in [7, 11) is 0. The molecule has 2 aliphatic carbocycles. The lowest BCUT2D eigenvalue weighted by Crippen LogP contribution is -2.06. The van der Waals surface area contributed by atoms with E-state index in [-0.39, 0.29) is 6.61 Å². The summed E-state index contributed by atoms with van der Waals surface area (Å²) in [6.45, 7) is 9.67. The minimum atomic E-state index is 0.0845. The van der Waals surface area contributed by atoms with Crippen molar-refractivity contribution in [3.63, 3.8) is 0 Å². The van der Waals surface area contributed by atoms with Crippen LogP contribution in [0.25, 0.3) is 11.1 Å². The Labute approximate surface area is 203 Å². The number of carbonyl (C=O) groups is 1. The molecule has 1 spiro atoms. The predicted molar refractivity (Wildman–Crippen MR) is 140 cm³/mol. The average Bonchev–Trinajstić information content (AvgIpc) is 3.51. The lowest BCUT2D eigenvalue weighted by atomic mass is 9.87. The van der Waals surface area contributed by atoms with Gasteiger partial charge >= 0.3 is 0 Å². The van der Waals surface area contributed by atoms with Gasteiger partial charge in [0, 0.05) is 12.2 Å². The van der Waals surface area contributed by atoms with Crippen LogP contribution in [0.1, 0.15) is 65.5 Å². The van der Waals surface area contributed by atoms with Crippen LogP contribution in [0.5, 0.6) is 5.75 Å². The van der Waals surface area contributed by atoms with Gasteiger partial charge < -0.3 is 10.1 Å². The maximum absolute atomic E-state index is 10.7. The second-order valence-corrected chi connectivity index (χ2v) is 10.3. The van der Waals surface area contributed by atoms with Crippen LogP contribution in [-0.4, -0.2) is 12.9 Å². The van der Waals surface area contributed by atoms with Gasteiger partial charge in [0.05, 0.1) is 0 Å². The summed E-state index contributed by atoms with van der Waals surface area (Å²) in [5.74, 6) is 1.51. The SMILES string of the molecule is CCC1c2ccc(NCc3cccc(-c4c(C)cc(OCC=O)cc4C)c3C)cc2CC12CC2. The molecule has 5 rings (SSSR count). The Hall–Kier alpha value is -3.07. The summed E-state index contributed by atoms with van der Waals surface area (Å²) >= 11 is 0. The summed E-state index contributed by atoms with van der Waals surface area (Å²) < 4.78 is 5.53. The molecule has 0 aliphatic heterocycles. The molecular formula is C31H35NO2. The number of rotatable bonds is 8. The molecule has 3 heteroatoms. The second-order valence-electron chi connectivity index (χ2n) is 10.3. The number of anilines is 1. The van der Waals surface area contributed by atoms with Gasteiger partial charge in [-0.2, -0.15) is 0 Å². The van der Waals surface area contributed by atoms with Crippen LogP contribution in [0, 0.1) is 26.2 Å². The molecule has 2 aliphatic rings. The molecule has 176 valence electrons. The Morgan fingerprint density at radius 1 is 1.06 bits per heavy atom. The molecule has 1 atom stereocenters. The second kappa shape index (κ2) is 8.94. The summed E-state index contributed by atoms with van der Waals surface area (Å²) in [5.41, 5.74) is 12.4. The Morgan fingerprint density at radius 3 is 2.50 bits per heavy atom. The number of ether oxygens (including phenoxy) is 1. The third-order valence-electron chi connectivity index (χ3n) is 8.12. The van der Waals surface area contributed by atoms with Crippen molar-refractivity contribution in [2.45, 2.75) is 65.8 Å². The highest BCUT2D eigenvalue weighted by Crippen LogP contribution is 2.64. The van der Waals surface area contributed by atoms with Gasteiger partial charge in [-0.05, 0) is 127 Å². The number of aryl methyl sites for hydroxylation is 2. The number of benzene rings is 3. The average molecular weight is 454 g/mol. The fourth-order valence-corrected chi connectivity index (χ4v) is 6.29. The first-order chi connectivity index (χ1) is 16.5. The maximum atomic E-state index is 10.7. The van der Waals surface area contributed by atoms with E-state index in [1.165, 1.54) is 53.6 Å². The van der Waals surface area contributed by atoms with Gasteiger partial charge in [-0.3, -0.25) is 4.79 Å². The number of carbonyl (C=O) groups excluding carboxylic acids is 1. The fourth-order valence-electron chi connectivity index (χ4n) is 6.29. The summed E-state index contributed by atoms with van der Waals surface area (Å²) in [6, 6.07) is 17.7. The molecule has 0 heterocycles. The number of hydrogen-bond acceptors (Lipinski definition) is 3. The quantitative estimate of drug-likeness (QED) is 0.364. The molecule has 0 bridgehead atoms. The summed E-state index contributed by atoms with van der Waals surface area (Å²) in [4.78, 5) is 10.7. The zero-order valence-electron chi connectivity index (χ0n) is 20.8. The summed E-state index contributed by atoms with van der Waals surface area (Å²) in [5, 5.41) is 3.70. The zero-order valence-corrected chi connectivity index (χ0v) is 20.8. The van der Waals surface area contributed by atoms with Crippen molar-refractivity contribution >= 4 is 12.0 Å². The van der Waals surface area contributed by atoms with E-state index in [1.54, 1.807) is 11.1 Å². The number of aldehydes is 1. The van der Waals surface area contributed by atoms with Crippen molar-refractivity contribution < 1.29 is 9.53 Å². The summed E-state index contributed by atoms with van der Waals surface area (Å²) in [6.07, 6.45) is 6.10. The zero-order chi connectivity index (χ0) is 23.9. The number of nitrogens with one attached hydrogen (secondary N) is 1. The molecule has 0 saturated heterocycles. The molecule has 3 aromatic carbocycles. The van der Waals surface area contributed by atoms with Crippen molar-refractivity contribution in [2.75, 3.05) is 11.9 Å². The Kier molecular flexibility index (Phi) is 5.97. The van der Waals surface area contributed by atoms with E-state index < -0.39 is 0 Å². The monoisotopic (exact) mass is 453 g/mol. The first-order valence-corrected chi connectivity index (χ1v) is 12.6. The lowest BCUT2D eigenvalue weighted by Gasteiger charge is -2.18. The molecular weight excluding hydrogens is 418 g/mol. The van der Waals surface area contributed by atoms with Crippen LogP contribution in [0.15, 0.2) is 48.5 Å². The van der Waals surface area contributed by atoms with E-state index >= 15 is 0 Å². The largest absolute Gasteiger partial charge is 0.486 e. The van der Waals surface area contributed by atoms with Crippen molar-refractivity contribution in [3.8, 4) is 16.9 Å². The number of hydrogen-bond donors (Lipinski definition) is 1. The highest BCUT2D eigenvalue weighted by Gasteiger charge is 2.53. The molecule has 0 radical (unpaired) electrons. The van der Waals surface area contributed by atoms with Gasteiger partial charge in [-0.15, -0.1) is 0 Å². The molecule has 1 N–H and O–H groups in total. The highest BCUT2D eigenvalue weighted by molar-refractivity contribution is 5.75. The van der Waals surface area contributed by atoms with Crippen LogP contribution in [0.2, 0.25) is 0 Å². The molecule has 3 aromatic rings. The van der Waals surface area contributed by atoms with Gasteiger partial charge in [0.2, 0.25) is 0 Å². The Morgan fingerprint density at radius 2 is 1.82 bits per heavy atom. The van der Waals surface area contributed by atoms with E-state index in [0.717, 1.165) is 35.6 Å². The third kappa shape index (κ3) is 4.02. The van der Waals surface area contributed by atoms with E-state index in [2.05, 4.69) is 69.4 Å². The van der Waals surface area contributed by atoms with Gasteiger partial charge in [0.1, 0.15) is 12.4 Å². The van der Waals surface area contributed by atoms with Crippen molar-refractivity contribution in [1.29, 1.82) is 0 Å². The Balaban J connectivity index is 1.36. The third-order valence-corrected chi connectivity index (χ3v) is 8.12. The van der Waals surface area contributed by atoms with E-state index in [9.17, 15) is 4.79 Å². The van der Waals surface area contributed by atoms with Crippen LogP contribution < -0.4 is 10.1 Å². The topological polar surface area (TPSA) is 38.3 Å². The van der Waals surface area contributed by atoms with E-state index in [0.29, 0.717) is 5.41 Å². The standard InChI is InChI=1S/C31H35NO2/c1-5-29-28-10-9-25(17-24(28)18-31(29)11-12-31)32-19-23-7-6-8-27(22(23)4)30-20(2)15-26(16-21(30)3)34-14-13-33/h6-10,13,15-17,29,32H,5,11-12,14,18-19H2,1-4H3. The predicted octanol–water partition coefficient (Wildman–Crippen LogP) is 7.30. The van der Waals surface area contributed by atoms with Crippen LogP contribution >= 0.6 is 0 Å². The van der Waals surface area contributed by atoms with E-state index in [4.69, 9.17) is 4.74 Å². The van der Waals surface area contributed by atoms with E-state index in [1.807, 2.05) is 12.1 Å². The van der Waals surface area contributed by atoms with Crippen molar-refractivity contribution in [3.05, 3.63) is 81.9 Å². The normalized spacial score (nSPS) is 17.5. The molecule has 1 saturated carbocycles. The van der Waals surface area contributed by atoms with Gasteiger partial charge in [-0.1, -0.05) is 31.2 Å². The maximum Gasteiger partial charge on any atom is 0.157 e. The van der Waals surface area contributed by atoms with Crippen molar-refractivity contribution in [2.24, 2.45) is 5.41 Å². The fraction of sp³-hybridized carbons (Fsp3) is 0.387. The van der Waals surface area contributed by atoms with Crippen LogP contribution in [-0.2, 0) is 17.8 Å².